The number of amides is 2. The first kappa shape index (κ1) is 42.6. The second-order valence-corrected chi connectivity index (χ2v) is 14.5. The Balaban J connectivity index is 0.000000171. The van der Waals surface area contributed by atoms with E-state index in [1.165, 1.54) is 0 Å². The largest absolute Gasteiger partial charge is 0.392 e. The number of rotatable bonds is 7. The Kier molecular flexibility index (Phi) is 13.9. The number of carbonyl (C=O) groups is 2. The van der Waals surface area contributed by atoms with E-state index in [0.717, 1.165) is 13.1 Å². The average Bonchev–Trinajstić information content (AvgIpc) is 3.25. The molecule has 308 valence electrons. The summed E-state index contributed by atoms with van der Waals surface area (Å²) in [5.41, 5.74) is 3.02. The van der Waals surface area contributed by atoms with E-state index in [4.69, 9.17) is 0 Å². The van der Waals surface area contributed by atoms with Crippen LogP contribution in [0, 0.1) is 0 Å². The normalized spacial score (nSPS) is 14.3. The second-order valence-electron chi connectivity index (χ2n) is 13.7. The maximum atomic E-state index is 12.7. The number of hydrogen-bond acceptors (Lipinski definition) is 14. The number of pyridine rings is 2. The highest BCUT2D eigenvalue weighted by molar-refractivity contribution is 9.10. The molecule has 6 heterocycles. The van der Waals surface area contributed by atoms with E-state index < -0.39 is 0 Å². The predicted molar refractivity (Wildman–Crippen MR) is 223 cm³/mol. The van der Waals surface area contributed by atoms with E-state index in [1.54, 1.807) is 71.4 Å². The van der Waals surface area contributed by atoms with Crippen molar-refractivity contribution in [1.29, 1.82) is 0 Å². The molecule has 2 amide bonds. The van der Waals surface area contributed by atoms with Gasteiger partial charge in [0.05, 0.1) is 61.3 Å². The molecule has 2 saturated heterocycles. The molecule has 2 aliphatic heterocycles. The summed E-state index contributed by atoms with van der Waals surface area (Å²) in [5, 5.41) is 41.3. The van der Waals surface area contributed by atoms with Crippen molar-refractivity contribution in [1.82, 2.24) is 45.0 Å². The summed E-state index contributed by atoms with van der Waals surface area (Å²) in [5.74, 6) is 1.46. The Bertz CT molecular complexity index is 2620. The van der Waals surface area contributed by atoms with Gasteiger partial charge in [-0.3, -0.25) is 19.2 Å². The van der Waals surface area contributed by atoms with Crippen LogP contribution in [0.25, 0.3) is 44.8 Å². The standard InChI is InChI=1S/C20H21N5O4.C15H12BrN3O3.C5H10N2O/c1-24-5-6-25(9-17(24)28)16-4-2-3-14(21-16)19-22-15-8-12(10-26)7-13(11-27)18(15)20(29)23-19;16-12-3-1-2-10(17-12)14-18-11-5-8(6-20)4-9(7-21)13(11)15(22)19-14;1-7-3-2-6-4-5(7)8/h2-4,7-8,26-27H,5-6,9-11H2,1H3,(H,22,23,29);1-5,20-21H,6-7H2,(H,18,19,22);6H,2-4H2,1H3. The molecule has 4 aromatic heterocycles. The summed E-state index contributed by atoms with van der Waals surface area (Å²) >= 11 is 3.28. The third-order valence-electron chi connectivity index (χ3n) is 9.65. The first-order valence-electron chi connectivity index (χ1n) is 18.5. The Morgan fingerprint density at radius 2 is 1.19 bits per heavy atom. The molecule has 0 aliphatic carbocycles. The van der Waals surface area contributed by atoms with Gasteiger partial charge >= 0.3 is 0 Å². The lowest BCUT2D eigenvalue weighted by Crippen LogP contribution is -2.48. The number of nitrogens with one attached hydrogen (secondary N) is 3. The van der Waals surface area contributed by atoms with Crippen LogP contribution < -0.4 is 21.3 Å². The summed E-state index contributed by atoms with van der Waals surface area (Å²) in [6.45, 7) is 2.76. The van der Waals surface area contributed by atoms with Crippen molar-refractivity contribution < 1.29 is 30.0 Å². The van der Waals surface area contributed by atoms with Crippen LogP contribution in [0.5, 0.6) is 0 Å². The number of anilines is 1. The fraction of sp³-hybridized carbons (Fsp3) is 0.300. The molecule has 19 heteroatoms. The molecule has 2 fully saturated rings. The Labute approximate surface area is 345 Å². The molecule has 59 heavy (non-hydrogen) atoms. The topological polar surface area (TPSA) is 254 Å². The van der Waals surface area contributed by atoms with Gasteiger partial charge in [0.15, 0.2) is 11.6 Å². The second kappa shape index (κ2) is 19.2. The van der Waals surface area contributed by atoms with Gasteiger partial charge in [0.25, 0.3) is 11.1 Å². The SMILES string of the molecule is CN1CCN(c2cccc(-c3nc4cc(CO)cc(CO)c4c(=O)[nH]3)n2)CC1=O.CN1CCNCC1=O.O=c1[nH]c(-c2cccc(Br)n2)nc2cc(CO)cc(CO)c12. The zero-order valence-corrected chi connectivity index (χ0v) is 33.9. The van der Waals surface area contributed by atoms with E-state index in [0.29, 0.717) is 85.9 Å². The molecule has 8 rings (SSSR count). The molecule has 0 radical (unpaired) electrons. The molecular weight excluding hydrogens is 828 g/mol. The first-order chi connectivity index (χ1) is 28.4. The molecule has 0 atom stereocenters. The van der Waals surface area contributed by atoms with Crippen LogP contribution in [-0.4, -0.2) is 125 Å². The number of piperazine rings is 2. The number of fused-ring (bicyclic) bond motifs is 2. The Morgan fingerprint density at radius 3 is 1.66 bits per heavy atom. The van der Waals surface area contributed by atoms with Crippen LogP contribution in [0.1, 0.15) is 22.3 Å². The molecule has 18 nitrogen and oxygen atoms in total. The summed E-state index contributed by atoms with van der Waals surface area (Å²) in [7, 11) is 3.59. The summed E-state index contributed by atoms with van der Waals surface area (Å²) in [4.78, 5) is 76.1. The van der Waals surface area contributed by atoms with Crippen molar-refractivity contribution in [3.63, 3.8) is 0 Å². The number of aromatic amines is 2. The molecule has 2 aliphatic rings. The first-order valence-corrected chi connectivity index (χ1v) is 19.3. The number of halogens is 1. The van der Waals surface area contributed by atoms with Gasteiger partial charge in [0.2, 0.25) is 11.8 Å². The van der Waals surface area contributed by atoms with Crippen molar-refractivity contribution in [3.8, 4) is 23.0 Å². The number of aliphatic hydroxyl groups excluding tert-OH is 4. The maximum absolute atomic E-state index is 12.7. The third kappa shape index (κ3) is 10.0. The lowest BCUT2D eigenvalue weighted by molar-refractivity contribution is -0.130. The maximum Gasteiger partial charge on any atom is 0.259 e. The quantitative estimate of drug-likeness (QED) is 0.111. The van der Waals surface area contributed by atoms with E-state index in [9.17, 15) is 39.6 Å². The van der Waals surface area contributed by atoms with Gasteiger partial charge in [-0.15, -0.1) is 0 Å². The van der Waals surface area contributed by atoms with Crippen molar-refractivity contribution >= 4 is 55.4 Å². The highest BCUT2D eigenvalue weighted by atomic mass is 79.9. The number of aliphatic hydroxyl groups is 4. The number of likely N-dealkylation sites (N-methyl/N-ethyl adjacent to an activating group) is 2. The third-order valence-corrected chi connectivity index (χ3v) is 10.1. The summed E-state index contributed by atoms with van der Waals surface area (Å²) in [6, 6.07) is 17.1. The van der Waals surface area contributed by atoms with E-state index in [1.807, 2.05) is 18.0 Å². The molecule has 2 aromatic carbocycles. The van der Waals surface area contributed by atoms with E-state index >= 15 is 0 Å². The van der Waals surface area contributed by atoms with Crippen LogP contribution in [0.2, 0.25) is 0 Å². The predicted octanol–water partition coefficient (Wildman–Crippen LogP) is 1.03. The van der Waals surface area contributed by atoms with Gasteiger partial charge in [-0.25, -0.2) is 19.9 Å². The molecule has 6 aromatic rings. The molecule has 0 spiro atoms. The highest BCUT2D eigenvalue weighted by Crippen LogP contribution is 2.23. The number of hydrogen-bond donors (Lipinski definition) is 7. The Hall–Kier alpha value is -5.96. The number of H-pyrrole nitrogens is 2. The molecular formula is C40H43BrN10O8. The van der Waals surface area contributed by atoms with Gasteiger partial charge in [-0.05, 0) is 74.6 Å². The van der Waals surface area contributed by atoms with Crippen LogP contribution in [-0.2, 0) is 36.0 Å². The monoisotopic (exact) mass is 870 g/mol. The zero-order valence-electron chi connectivity index (χ0n) is 32.3. The van der Waals surface area contributed by atoms with Gasteiger partial charge in [-0.2, -0.15) is 0 Å². The molecule has 0 bridgehead atoms. The van der Waals surface area contributed by atoms with Crippen LogP contribution in [0.15, 0.2) is 74.9 Å². The van der Waals surface area contributed by atoms with E-state index in [-0.39, 0.29) is 67.1 Å². The van der Waals surface area contributed by atoms with Gasteiger partial charge < -0.3 is 50.4 Å². The molecule has 7 N–H and O–H groups in total. The number of aromatic nitrogens is 6. The zero-order chi connectivity index (χ0) is 42.2. The van der Waals surface area contributed by atoms with Crippen molar-refractivity contribution in [2.24, 2.45) is 0 Å². The van der Waals surface area contributed by atoms with Gasteiger partial charge in [0.1, 0.15) is 21.8 Å². The molecule has 0 saturated carbocycles. The lowest BCUT2D eigenvalue weighted by atomic mass is 10.1. The number of carbonyl (C=O) groups excluding carboxylic acids is 2. The Morgan fingerprint density at radius 1 is 0.644 bits per heavy atom. The van der Waals surface area contributed by atoms with Crippen molar-refractivity contribution in [2.45, 2.75) is 26.4 Å². The van der Waals surface area contributed by atoms with Crippen LogP contribution >= 0.6 is 15.9 Å². The fourth-order valence-corrected chi connectivity index (χ4v) is 6.78. The van der Waals surface area contributed by atoms with Crippen molar-refractivity contribution in [3.05, 3.63) is 108 Å². The van der Waals surface area contributed by atoms with E-state index in [2.05, 4.69) is 51.2 Å². The van der Waals surface area contributed by atoms with Crippen molar-refractivity contribution in [2.75, 3.05) is 58.3 Å². The average molecular weight is 872 g/mol. The number of benzene rings is 2. The minimum absolute atomic E-state index is 0.0220. The van der Waals surface area contributed by atoms with Gasteiger partial charge in [0, 0.05) is 40.3 Å². The minimum atomic E-state index is -0.388. The van der Waals surface area contributed by atoms with Crippen LogP contribution in [0.4, 0.5) is 5.82 Å². The van der Waals surface area contributed by atoms with Gasteiger partial charge in [-0.1, -0.05) is 24.3 Å². The smallest absolute Gasteiger partial charge is 0.259 e. The minimum Gasteiger partial charge on any atom is -0.392 e. The fourth-order valence-electron chi connectivity index (χ4n) is 6.44. The summed E-state index contributed by atoms with van der Waals surface area (Å²) in [6.07, 6.45) is 0. The highest BCUT2D eigenvalue weighted by Gasteiger charge is 2.23. The number of nitrogens with zero attached hydrogens (tertiary/aromatic N) is 7. The molecule has 0 unspecified atom stereocenters. The lowest BCUT2D eigenvalue weighted by Gasteiger charge is -2.32. The van der Waals surface area contributed by atoms with Crippen LogP contribution in [0.3, 0.4) is 0 Å². The summed E-state index contributed by atoms with van der Waals surface area (Å²) < 4.78 is 0.632.